The molecule has 1 aliphatic rings. The number of ether oxygens (including phenoxy) is 4. The first-order valence-corrected chi connectivity index (χ1v) is 8.27. The van der Waals surface area contributed by atoms with Crippen LogP contribution in [0, 0.1) is 0 Å². The minimum atomic E-state index is -0.219. The minimum absolute atomic E-state index is 0.219. The van der Waals surface area contributed by atoms with E-state index in [1.807, 2.05) is 6.07 Å². The average Bonchev–Trinajstić information content (AvgIpc) is 2.81. The summed E-state index contributed by atoms with van der Waals surface area (Å²) in [6, 6.07) is 4.97. The largest absolute Gasteiger partial charge is 0.493 e. The molecule has 0 atom stereocenters. The predicted molar refractivity (Wildman–Crippen MR) is 102 cm³/mol. The van der Waals surface area contributed by atoms with Crippen molar-refractivity contribution in [2.75, 3.05) is 28.4 Å². The van der Waals surface area contributed by atoms with E-state index in [-0.39, 0.29) is 11.2 Å². The van der Waals surface area contributed by atoms with Crippen molar-refractivity contribution >= 4 is 17.2 Å². The lowest BCUT2D eigenvalue weighted by Gasteiger charge is -2.26. The van der Waals surface area contributed by atoms with Gasteiger partial charge in [0.25, 0.3) is 0 Å². The van der Waals surface area contributed by atoms with Crippen molar-refractivity contribution in [3.05, 3.63) is 51.2 Å². The summed E-state index contributed by atoms with van der Waals surface area (Å²) in [5, 5.41) is 0.438. The zero-order valence-corrected chi connectivity index (χ0v) is 15.8. The summed E-state index contributed by atoms with van der Waals surface area (Å²) in [6.07, 6.45) is 0.462. The van der Waals surface area contributed by atoms with Crippen LogP contribution in [0.3, 0.4) is 0 Å². The van der Waals surface area contributed by atoms with E-state index in [4.69, 9.17) is 30.5 Å². The van der Waals surface area contributed by atoms with Gasteiger partial charge in [0.15, 0.2) is 17.2 Å². The quantitative estimate of drug-likeness (QED) is 0.810. The molecule has 0 heterocycles. The highest BCUT2D eigenvalue weighted by Gasteiger charge is 2.31. The second-order valence-electron chi connectivity index (χ2n) is 5.79. The fourth-order valence-electron chi connectivity index (χ4n) is 3.31. The van der Waals surface area contributed by atoms with E-state index in [0.717, 1.165) is 27.8 Å². The monoisotopic (exact) mass is 374 g/mol. The minimum Gasteiger partial charge on any atom is -0.493 e. The Hall–Kier alpha value is -2.66. The van der Waals surface area contributed by atoms with Gasteiger partial charge in [-0.15, -0.1) is 0 Å². The molecule has 0 saturated heterocycles. The van der Waals surface area contributed by atoms with E-state index in [9.17, 15) is 4.79 Å². The lowest BCUT2D eigenvalue weighted by atomic mass is 9.83. The molecule has 0 bridgehead atoms. The molecule has 0 aromatic heterocycles. The molecule has 2 aromatic carbocycles. The highest BCUT2D eigenvalue weighted by atomic mass is 35.5. The van der Waals surface area contributed by atoms with Crippen molar-refractivity contribution in [1.82, 2.24) is 0 Å². The third-order valence-corrected chi connectivity index (χ3v) is 4.89. The zero-order chi connectivity index (χ0) is 19.0. The summed E-state index contributed by atoms with van der Waals surface area (Å²) in [5.74, 6) is 1.55. The van der Waals surface area contributed by atoms with Gasteiger partial charge in [0, 0.05) is 5.56 Å². The fourth-order valence-corrected chi connectivity index (χ4v) is 3.64. The predicted octanol–water partition coefficient (Wildman–Crippen LogP) is 3.97. The molecule has 0 unspecified atom stereocenters. The third kappa shape index (κ3) is 2.59. The van der Waals surface area contributed by atoms with Gasteiger partial charge < -0.3 is 18.9 Å². The van der Waals surface area contributed by atoms with E-state index in [0.29, 0.717) is 28.7 Å². The molecule has 0 amide bonds. The van der Waals surface area contributed by atoms with Gasteiger partial charge in [-0.25, -0.2) is 0 Å². The molecular weight excluding hydrogens is 356 g/mol. The van der Waals surface area contributed by atoms with Crippen LogP contribution >= 0.6 is 11.6 Å². The van der Waals surface area contributed by atoms with E-state index in [2.05, 4.69) is 6.58 Å². The van der Waals surface area contributed by atoms with Crippen molar-refractivity contribution in [2.45, 2.75) is 6.42 Å². The van der Waals surface area contributed by atoms with Gasteiger partial charge in [0.05, 0.1) is 33.5 Å². The van der Waals surface area contributed by atoms with Gasteiger partial charge >= 0.3 is 0 Å². The van der Waals surface area contributed by atoms with Crippen molar-refractivity contribution in [3.63, 3.8) is 0 Å². The number of methoxy groups -OCH3 is 4. The van der Waals surface area contributed by atoms with Gasteiger partial charge in [-0.05, 0) is 46.9 Å². The molecule has 0 N–H and O–H groups in total. The number of allylic oxidation sites excluding steroid dienone is 1. The molecule has 6 heteroatoms. The van der Waals surface area contributed by atoms with Crippen molar-refractivity contribution in [1.29, 1.82) is 0 Å². The van der Waals surface area contributed by atoms with Crippen LogP contribution in [0.25, 0.3) is 16.7 Å². The van der Waals surface area contributed by atoms with Gasteiger partial charge in [-0.2, -0.15) is 0 Å². The maximum absolute atomic E-state index is 12.4. The number of halogens is 1. The standard InChI is InChI=1S/C20H19ClO5/c1-10-8-13-16(11-6-7-15(23-2)14(22)9-12(10)11)18(24-3)20(26-5)19(25-4)17(13)21/h6-7,9H,1,8H2,2-5H3. The Bertz CT molecular complexity index is 965. The average molecular weight is 375 g/mol. The molecule has 136 valence electrons. The van der Waals surface area contributed by atoms with E-state index < -0.39 is 0 Å². The summed E-state index contributed by atoms with van der Waals surface area (Å²) < 4.78 is 21.7. The van der Waals surface area contributed by atoms with Crippen LogP contribution in [-0.2, 0) is 6.42 Å². The van der Waals surface area contributed by atoms with Crippen LogP contribution in [0.1, 0.15) is 11.1 Å². The molecular formula is C20H19ClO5. The van der Waals surface area contributed by atoms with Crippen molar-refractivity contribution < 1.29 is 18.9 Å². The van der Waals surface area contributed by atoms with E-state index in [1.165, 1.54) is 27.4 Å². The molecule has 0 aliphatic heterocycles. The summed E-state index contributed by atoms with van der Waals surface area (Å²) in [7, 11) is 6.06. The summed E-state index contributed by atoms with van der Waals surface area (Å²) >= 11 is 6.61. The lowest BCUT2D eigenvalue weighted by molar-refractivity contribution is 0.325. The van der Waals surface area contributed by atoms with Gasteiger partial charge in [-0.3, -0.25) is 4.79 Å². The SMILES string of the molecule is C=C1Cc2c(Cl)c(OC)c(OC)c(OC)c2-c2ccc(OC)c(=O)cc21. The molecule has 2 aromatic rings. The Balaban J connectivity index is 2.49. The Morgan fingerprint density at radius 1 is 0.923 bits per heavy atom. The summed E-state index contributed by atoms with van der Waals surface area (Å²) in [5.41, 5.74) is 3.64. The van der Waals surface area contributed by atoms with Crippen LogP contribution in [0.2, 0.25) is 5.02 Å². The van der Waals surface area contributed by atoms with Crippen molar-refractivity contribution in [2.24, 2.45) is 0 Å². The molecule has 1 aliphatic carbocycles. The first-order valence-electron chi connectivity index (χ1n) is 7.89. The smallest absolute Gasteiger partial charge is 0.220 e. The Kier molecular flexibility index (Phi) is 4.83. The summed E-state index contributed by atoms with van der Waals surface area (Å²) in [4.78, 5) is 12.4. The zero-order valence-electron chi connectivity index (χ0n) is 15.1. The number of rotatable bonds is 4. The molecule has 26 heavy (non-hydrogen) atoms. The van der Waals surface area contributed by atoms with Gasteiger partial charge in [0.1, 0.15) is 0 Å². The lowest BCUT2D eigenvalue weighted by Crippen LogP contribution is -2.08. The fraction of sp³-hybridized carbons (Fsp3) is 0.250. The van der Waals surface area contributed by atoms with Gasteiger partial charge in [-0.1, -0.05) is 18.2 Å². The Morgan fingerprint density at radius 2 is 1.58 bits per heavy atom. The number of hydrogen-bond donors (Lipinski definition) is 0. The van der Waals surface area contributed by atoms with Crippen LogP contribution in [-0.4, -0.2) is 28.4 Å². The van der Waals surface area contributed by atoms with Crippen LogP contribution in [0.15, 0.2) is 29.6 Å². The maximum atomic E-state index is 12.4. The molecule has 0 spiro atoms. The second kappa shape index (κ2) is 6.92. The summed E-state index contributed by atoms with van der Waals surface area (Å²) in [6.45, 7) is 4.12. The molecule has 3 rings (SSSR count). The Labute approximate surface area is 156 Å². The molecule has 0 saturated carbocycles. The molecule has 5 nitrogen and oxygen atoms in total. The first-order chi connectivity index (χ1) is 12.5. The van der Waals surface area contributed by atoms with Crippen molar-refractivity contribution in [3.8, 4) is 34.1 Å². The number of fused-ring (bicyclic) bond motifs is 3. The maximum Gasteiger partial charge on any atom is 0.220 e. The number of hydrogen-bond acceptors (Lipinski definition) is 5. The second-order valence-corrected chi connectivity index (χ2v) is 6.16. The highest BCUT2D eigenvalue weighted by Crippen LogP contribution is 2.55. The number of benzene rings is 1. The third-order valence-electron chi connectivity index (χ3n) is 4.49. The first kappa shape index (κ1) is 18.1. The van der Waals surface area contributed by atoms with Crippen LogP contribution < -0.4 is 24.4 Å². The van der Waals surface area contributed by atoms with E-state index in [1.54, 1.807) is 13.2 Å². The molecule has 0 fully saturated rings. The Morgan fingerprint density at radius 3 is 2.15 bits per heavy atom. The molecule has 0 radical (unpaired) electrons. The van der Waals surface area contributed by atoms with Crippen LogP contribution in [0.5, 0.6) is 23.0 Å². The van der Waals surface area contributed by atoms with Gasteiger partial charge in [0.2, 0.25) is 11.2 Å². The highest BCUT2D eigenvalue weighted by molar-refractivity contribution is 6.34. The van der Waals surface area contributed by atoms with Crippen LogP contribution in [0.4, 0.5) is 0 Å². The normalized spacial score (nSPS) is 12.1. The van der Waals surface area contributed by atoms with E-state index >= 15 is 0 Å². The topological polar surface area (TPSA) is 54.0 Å².